The molecule has 0 saturated carbocycles. The van der Waals surface area contributed by atoms with Crippen molar-refractivity contribution in [3.8, 4) is 0 Å². The molecule has 0 spiro atoms. The molecule has 0 unspecified atom stereocenters. The van der Waals surface area contributed by atoms with Gasteiger partial charge in [-0.25, -0.2) is 0 Å². The Morgan fingerprint density at radius 1 is 1.09 bits per heavy atom. The molecule has 1 amide bonds. The zero-order valence-corrected chi connectivity index (χ0v) is 13.1. The van der Waals surface area contributed by atoms with Gasteiger partial charge < -0.3 is 5.32 Å². The largest absolute Gasteiger partial charge is 0.339 e. The number of carbonyl (C=O) groups is 1. The van der Waals surface area contributed by atoms with Crippen LogP contribution in [0.15, 0.2) is 66.2 Å². The van der Waals surface area contributed by atoms with Gasteiger partial charge in [0.2, 0.25) is 0 Å². The number of rotatable bonds is 4. The first-order valence-corrected chi connectivity index (χ1v) is 8.00. The molecule has 3 rings (SSSR count). The number of amides is 1. The molecule has 110 valence electrons. The maximum Gasteiger partial charge on any atom is 0.270 e. The highest BCUT2D eigenvalue weighted by molar-refractivity contribution is 7.10. The quantitative estimate of drug-likeness (QED) is 0.775. The van der Waals surface area contributed by atoms with E-state index in [1.807, 2.05) is 41.8 Å². The summed E-state index contributed by atoms with van der Waals surface area (Å²) in [4.78, 5) is 17.5. The van der Waals surface area contributed by atoms with Gasteiger partial charge in [-0.15, -0.1) is 11.3 Å². The van der Waals surface area contributed by atoms with Gasteiger partial charge in [-0.2, -0.15) is 0 Å². The minimum Gasteiger partial charge on any atom is -0.339 e. The van der Waals surface area contributed by atoms with Crippen molar-refractivity contribution in [2.75, 3.05) is 0 Å². The predicted octanol–water partition coefficient (Wildman–Crippen LogP) is 4.32. The molecule has 0 bridgehead atoms. The van der Waals surface area contributed by atoms with E-state index in [1.165, 1.54) is 0 Å². The van der Waals surface area contributed by atoms with Crippen molar-refractivity contribution in [1.82, 2.24) is 10.3 Å². The van der Waals surface area contributed by atoms with Crippen molar-refractivity contribution in [3.63, 3.8) is 0 Å². The fourth-order valence-corrected chi connectivity index (χ4v) is 3.06. The van der Waals surface area contributed by atoms with Crippen molar-refractivity contribution in [1.29, 1.82) is 0 Å². The Labute approximate surface area is 137 Å². The number of halogens is 1. The Balaban J connectivity index is 1.90. The summed E-state index contributed by atoms with van der Waals surface area (Å²) in [6, 6.07) is 16.5. The molecule has 1 atom stereocenters. The SMILES string of the molecule is O=C(N[C@@H](c1ccc(Cl)cc1)c1cccs1)c1ccccn1. The zero-order valence-electron chi connectivity index (χ0n) is 11.6. The molecule has 0 aliphatic carbocycles. The molecule has 0 fully saturated rings. The molecule has 0 aliphatic heterocycles. The van der Waals surface area contributed by atoms with Gasteiger partial charge in [-0.3, -0.25) is 9.78 Å². The molecule has 5 heteroatoms. The van der Waals surface area contributed by atoms with Gasteiger partial charge in [0.25, 0.3) is 5.91 Å². The molecule has 22 heavy (non-hydrogen) atoms. The molecule has 0 aliphatic rings. The Kier molecular flexibility index (Phi) is 4.51. The lowest BCUT2D eigenvalue weighted by Crippen LogP contribution is -2.29. The van der Waals surface area contributed by atoms with Crippen LogP contribution in [0.4, 0.5) is 0 Å². The van der Waals surface area contributed by atoms with Crippen molar-refractivity contribution >= 4 is 28.8 Å². The van der Waals surface area contributed by atoms with Gasteiger partial charge in [0.05, 0.1) is 6.04 Å². The van der Waals surface area contributed by atoms with E-state index in [9.17, 15) is 4.79 Å². The van der Waals surface area contributed by atoms with Crippen LogP contribution >= 0.6 is 22.9 Å². The van der Waals surface area contributed by atoms with Crippen LogP contribution in [0.3, 0.4) is 0 Å². The highest BCUT2D eigenvalue weighted by atomic mass is 35.5. The normalized spacial score (nSPS) is 11.9. The van der Waals surface area contributed by atoms with Crippen LogP contribution in [-0.4, -0.2) is 10.9 Å². The van der Waals surface area contributed by atoms with Gasteiger partial charge in [-0.1, -0.05) is 35.9 Å². The molecular weight excluding hydrogens is 316 g/mol. The van der Waals surface area contributed by atoms with E-state index in [-0.39, 0.29) is 11.9 Å². The molecule has 1 aromatic carbocycles. The summed E-state index contributed by atoms with van der Waals surface area (Å²) in [6.07, 6.45) is 1.61. The molecule has 3 nitrogen and oxygen atoms in total. The van der Waals surface area contributed by atoms with Crippen LogP contribution in [0.1, 0.15) is 27.0 Å². The third-order valence-electron chi connectivity index (χ3n) is 3.20. The highest BCUT2D eigenvalue weighted by Crippen LogP contribution is 2.27. The number of hydrogen-bond acceptors (Lipinski definition) is 3. The first kappa shape index (κ1) is 14.8. The zero-order chi connectivity index (χ0) is 15.4. The first-order valence-electron chi connectivity index (χ1n) is 6.75. The van der Waals surface area contributed by atoms with Gasteiger partial charge in [0, 0.05) is 16.1 Å². The summed E-state index contributed by atoms with van der Waals surface area (Å²) in [5.74, 6) is -0.200. The predicted molar refractivity (Wildman–Crippen MR) is 89.3 cm³/mol. The van der Waals surface area contributed by atoms with Crippen LogP contribution in [0.2, 0.25) is 5.02 Å². The topological polar surface area (TPSA) is 42.0 Å². The average Bonchev–Trinajstić information content (AvgIpc) is 3.08. The second-order valence-electron chi connectivity index (χ2n) is 4.69. The maximum absolute atomic E-state index is 12.4. The summed E-state index contributed by atoms with van der Waals surface area (Å²) in [5.41, 5.74) is 1.38. The lowest BCUT2D eigenvalue weighted by Gasteiger charge is -2.18. The fraction of sp³-hybridized carbons (Fsp3) is 0.0588. The summed E-state index contributed by atoms with van der Waals surface area (Å²) in [5, 5.41) is 5.70. The summed E-state index contributed by atoms with van der Waals surface area (Å²) < 4.78 is 0. The van der Waals surface area contributed by atoms with E-state index in [0.29, 0.717) is 10.7 Å². The summed E-state index contributed by atoms with van der Waals surface area (Å²) in [7, 11) is 0. The number of pyridine rings is 1. The van der Waals surface area contributed by atoms with Gasteiger partial charge in [-0.05, 0) is 41.3 Å². The van der Waals surface area contributed by atoms with Crippen molar-refractivity contribution < 1.29 is 4.79 Å². The summed E-state index contributed by atoms with van der Waals surface area (Å²) >= 11 is 7.55. The van der Waals surface area contributed by atoms with Crippen LogP contribution in [-0.2, 0) is 0 Å². The lowest BCUT2D eigenvalue weighted by atomic mass is 10.1. The van der Waals surface area contributed by atoms with E-state index in [2.05, 4.69) is 10.3 Å². The standard InChI is InChI=1S/C17H13ClN2OS/c18-13-8-6-12(7-9-13)16(15-5-3-11-22-15)20-17(21)14-4-1-2-10-19-14/h1-11,16H,(H,20,21)/t16-/m0/s1. The first-order chi connectivity index (χ1) is 10.7. The van der Waals surface area contributed by atoms with E-state index < -0.39 is 0 Å². The maximum atomic E-state index is 12.4. The van der Waals surface area contributed by atoms with Gasteiger partial charge in [0.15, 0.2) is 0 Å². The van der Waals surface area contributed by atoms with Crippen LogP contribution in [0, 0.1) is 0 Å². The monoisotopic (exact) mass is 328 g/mol. The van der Waals surface area contributed by atoms with Crippen LogP contribution in [0.25, 0.3) is 0 Å². The molecule has 2 aromatic heterocycles. The second kappa shape index (κ2) is 6.73. The van der Waals surface area contributed by atoms with Crippen LogP contribution in [0.5, 0.6) is 0 Å². The minimum absolute atomic E-state index is 0.200. The molecule has 2 heterocycles. The van der Waals surface area contributed by atoms with E-state index >= 15 is 0 Å². The Morgan fingerprint density at radius 2 is 1.91 bits per heavy atom. The average molecular weight is 329 g/mol. The number of nitrogens with one attached hydrogen (secondary N) is 1. The number of thiophene rings is 1. The number of hydrogen-bond donors (Lipinski definition) is 1. The van der Waals surface area contributed by atoms with Gasteiger partial charge >= 0.3 is 0 Å². The smallest absolute Gasteiger partial charge is 0.270 e. The minimum atomic E-state index is -0.216. The third kappa shape index (κ3) is 3.35. The van der Waals surface area contributed by atoms with Crippen molar-refractivity contribution in [3.05, 3.63) is 87.3 Å². The molecular formula is C17H13ClN2OS. The van der Waals surface area contributed by atoms with E-state index in [0.717, 1.165) is 10.4 Å². The Morgan fingerprint density at radius 3 is 2.55 bits per heavy atom. The number of aromatic nitrogens is 1. The number of nitrogens with zero attached hydrogens (tertiary/aromatic N) is 1. The van der Waals surface area contributed by atoms with Crippen LogP contribution < -0.4 is 5.32 Å². The number of carbonyl (C=O) groups excluding carboxylic acids is 1. The lowest BCUT2D eigenvalue weighted by molar-refractivity contribution is 0.0938. The second-order valence-corrected chi connectivity index (χ2v) is 6.10. The highest BCUT2D eigenvalue weighted by Gasteiger charge is 2.19. The molecule has 0 radical (unpaired) electrons. The molecule has 0 saturated heterocycles. The fourth-order valence-electron chi connectivity index (χ4n) is 2.13. The van der Waals surface area contributed by atoms with Crippen molar-refractivity contribution in [2.24, 2.45) is 0 Å². The molecule has 3 aromatic rings. The Hall–Kier alpha value is -2.17. The van der Waals surface area contributed by atoms with Gasteiger partial charge in [0.1, 0.15) is 5.69 Å². The van der Waals surface area contributed by atoms with Crippen molar-refractivity contribution in [2.45, 2.75) is 6.04 Å². The molecule has 1 N–H and O–H groups in total. The number of benzene rings is 1. The Bertz CT molecular complexity index is 742. The van der Waals surface area contributed by atoms with E-state index in [1.54, 1.807) is 35.7 Å². The van der Waals surface area contributed by atoms with E-state index in [4.69, 9.17) is 11.6 Å². The third-order valence-corrected chi connectivity index (χ3v) is 4.39. The summed E-state index contributed by atoms with van der Waals surface area (Å²) in [6.45, 7) is 0.